The topological polar surface area (TPSA) is 62.4 Å². The molecule has 0 aliphatic carbocycles. The number of pyridine rings is 1. The van der Waals surface area contributed by atoms with Crippen LogP contribution in [0, 0.1) is 12.8 Å². The van der Waals surface area contributed by atoms with E-state index in [1.165, 1.54) is 0 Å². The highest BCUT2D eigenvalue weighted by molar-refractivity contribution is 5.10. The van der Waals surface area contributed by atoms with Crippen LogP contribution in [0.4, 0.5) is 0 Å². The first kappa shape index (κ1) is 16.1. The first-order valence-corrected chi connectivity index (χ1v) is 6.93. The second kappa shape index (κ2) is 7.58. The Morgan fingerprint density at radius 2 is 2.05 bits per heavy atom. The Kier molecular flexibility index (Phi) is 6.42. The molecule has 4 nitrogen and oxygen atoms in total. The van der Waals surface area contributed by atoms with Crippen LogP contribution in [0.15, 0.2) is 18.2 Å². The van der Waals surface area contributed by atoms with Crippen LogP contribution >= 0.6 is 0 Å². The highest BCUT2D eigenvalue weighted by Crippen LogP contribution is 2.12. The fourth-order valence-electron chi connectivity index (χ4n) is 2.36. The fraction of sp³-hybridized carbons (Fsp3) is 0.667. The van der Waals surface area contributed by atoms with Gasteiger partial charge in [0.2, 0.25) is 0 Å². The maximum Gasteiger partial charge on any atom is 0.0601 e. The minimum absolute atomic E-state index is 0.0141. The van der Waals surface area contributed by atoms with Gasteiger partial charge in [0.15, 0.2) is 0 Å². The van der Waals surface area contributed by atoms with Crippen LogP contribution in [0.25, 0.3) is 0 Å². The minimum atomic E-state index is -0.0234. The Balaban J connectivity index is 2.65. The van der Waals surface area contributed by atoms with Gasteiger partial charge in [0.05, 0.1) is 12.3 Å². The van der Waals surface area contributed by atoms with Gasteiger partial charge < -0.3 is 10.8 Å². The molecule has 1 heterocycles. The molecule has 108 valence electrons. The first-order valence-electron chi connectivity index (χ1n) is 6.93. The third-order valence-electron chi connectivity index (χ3n) is 3.35. The van der Waals surface area contributed by atoms with E-state index >= 15 is 0 Å². The SMILES string of the molecule is Cc1cccc(CN(C)C(CO)C(N)CC(C)C)n1. The van der Waals surface area contributed by atoms with Crippen LogP contribution in [-0.4, -0.2) is 40.7 Å². The smallest absolute Gasteiger partial charge is 0.0601 e. The predicted octanol–water partition coefficient (Wildman–Crippen LogP) is 1.56. The molecule has 0 bridgehead atoms. The summed E-state index contributed by atoms with van der Waals surface area (Å²) in [5.41, 5.74) is 8.22. The zero-order chi connectivity index (χ0) is 14.4. The summed E-state index contributed by atoms with van der Waals surface area (Å²) >= 11 is 0. The molecule has 0 amide bonds. The molecule has 3 N–H and O–H groups in total. The lowest BCUT2D eigenvalue weighted by Gasteiger charge is -2.32. The van der Waals surface area contributed by atoms with Gasteiger partial charge in [0.25, 0.3) is 0 Å². The minimum Gasteiger partial charge on any atom is -0.395 e. The molecular formula is C15H27N3O. The van der Waals surface area contributed by atoms with Gasteiger partial charge in [-0.1, -0.05) is 19.9 Å². The monoisotopic (exact) mass is 265 g/mol. The lowest BCUT2D eigenvalue weighted by molar-refractivity contribution is 0.113. The maximum absolute atomic E-state index is 9.57. The molecule has 2 atom stereocenters. The second-order valence-electron chi connectivity index (χ2n) is 5.73. The molecule has 0 aliphatic rings. The van der Waals surface area contributed by atoms with Crippen LogP contribution in [0.5, 0.6) is 0 Å². The van der Waals surface area contributed by atoms with Crippen molar-refractivity contribution in [1.29, 1.82) is 0 Å². The van der Waals surface area contributed by atoms with Gasteiger partial charge in [0.1, 0.15) is 0 Å². The van der Waals surface area contributed by atoms with Crippen molar-refractivity contribution < 1.29 is 5.11 Å². The van der Waals surface area contributed by atoms with Crippen LogP contribution < -0.4 is 5.73 Å². The molecule has 0 aromatic carbocycles. The molecule has 1 rings (SSSR count). The molecule has 2 unspecified atom stereocenters. The van der Waals surface area contributed by atoms with Crippen LogP contribution in [0.3, 0.4) is 0 Å². The average Bonchev–Trinajstić information content (AvgIpc) is 2.28. The van der Waals surface area contributed by atoms with Crippen molar-refractivity contribution in [3.05, 3.63) is 29.6 Å². The summed E-state index contributed by atoms with van der Waals surface area (Å²) in [6.45, 7) is 7.07. The quantitative estimate of drug-likeness (QED) is 0.785. The maximum atomic E-state index is 9.57. The average molecular weight is 265 g/mol. The number of likely N-dealkylation sites (N-methyl/N-ethyl adjacent to an activating group) is 1. The van der Waals surface area contributed by atoms with E-state index in [0.29, 0.717) is 12.5 Å². The van der Waals surface area contributed by atoms with E-state index in [1.807, 2.05) is 32.2 Å². The van der Waals surface area contributed by atoms with E-state index in [1.54, 1.807) is 0 Å². The number of aliphatic hydroxyl groups is 1. The van der Waals surface area contributed by atoms with Gasteiger partial charge in [-0.3, -0.25) is 9.88 Å². The summed E-state index contributed by atoms with van der Waals surface area (Å²) in [4.78, 5) is 6.58. The fourth-order valence-corrected chi connectivity index (χ4v) is 2.36. The van der Waals surface area contributed by atoms with Crippen molar-refractivity contribution in [3.63, 3.8) is 0 Å². The summed E-state index contributed by atoms with van der Waals surface area (Å²) in [6.07, 6.45) is 0.914. The number of aryl methyl sites for hydroxylation is 1. The molecular weight excluding hydrogens is 238 g/mol. The van der Waals surface area contributed by atoms with Gasteiger partial charge in [-0.2, -0.15) is 0 Å². The van der Waals surface area contributed by atoms with Crippen molar-refractivity contribution in [1.82, 2.24) is 9.88 Å². The molecule has 0 saturated carbocycles. The molecule has 0 spiro atoms. The highest BCUT2D eigenvalue weighted by Gasteiger charge is 2.22. The first-order chi connectivity index (χ1) is 8.93. The highest BCUT2D eigenvalue weighted by atomic mass is 16.3. The normalized spacial score (nSPS) is 14.9. The number of hydrogen-bond acceptors (Lipinski definition) is 4. The summed E-state index contributed by atoms with van der Waals surface area (Å²) < 4.78 is 0. The van der Waals surface area contributed by atoms with Crippen molar-refractivity contribution in [2.24, 2.45) is 11.7 Å². The molecule has 0 saturated heterocycles. The lowest BCUT2D eigenvalue weighted by Crippen LogP contribution is -2.48. The largest absolute Gasteiger partial charge is 0.395 e. The molecule has 1 aromatic heterocycles. The summed E-state index contributed by atoms with van der Waals surface area (Å²) in [5, 5.41) is 9.57. The van der Waals surface area contributed by atoms with Crippen LogP contribution in [0.2, 0.25) is 0 Å². The Labute approximate surface area is 116 Å². The molecule has 4 heteroatoms. The lowest BCUT2D eigenvalue weighted by atomic mass is 9.97. The number of aliphatic hydroxyl groups excluding tert-OH is 1. The van der Waals surface area contributed by atoms with E-state index < -0.39 is 0 Å². The van der Waals surface area contributed by atoms with Gasteiger partial charge >= 0.3 is 0 Å². The zero-order valence-corrected chi connectivity index (χ0v) is 12.5. The summed E-state index contributed by atoms with van der Waals surface area (Å²) in [5.74, 6) is 0.537. The van der Waals surface area contributed by atoms with E-state index in [9.17, 15) is 5.11 Å². The summed E-state index contributed by atoms with van der Waals surface area (Å²) in [7, 11) is 1.99. The van der Waals surface area contributed by atoms with Crippen molar-refractivity contribution in [2.75, 3.05) is 13.7 Å². The Morgan fingerprint density at radius 1 is 1.37 bits per heavy atom. The number of nitrogens with two attached hydrogens (primary N) is 1. The predicted molar refractivity (Wildman–Crippen MR) is 78.7 cm³/mol. The van der Waals surface area contributed by atoms with E-state index in [-0.39, 0.29) is 18.7 Å². The van der Waals surface area contributed by atoms with Crippen LogP contribution in [0.1, 0.15) is 31.7 Å². The van der Waals surface area contributed by atoms with Crippen molar-refractivity contribution in [3.8, 4) is 0 Å². The van der Waals surface area contributed by atoms with Gasteiger partial charge in [-0.25, -0.2) is 0 Å². The molecule has 1 aromatic rings. The van der Waals surface area contributed by atoms with E-state index in [4.69, 9.17) is 5.73 Å². The Bertz CT molecular complexity index is 381. The second-order valence-corrected chi connectivity index (χ2v) is 5.73. The number of rotatable bonds is 7. The Morgan fingerprint density at radius 3 is 2.58 bits per heavy atom. The van der Waals surface area contributed by atoms with Crippen molar-refractivity contribution >= 4 is 0 Å². The molecule has 0 radical (unpaired) electrons. The van der Waals surface area contributed by atoms with Gasteiger partial charge in [-0.05, 0) is 38.4 Å². The van der Waals surface area contributed by atoms with E-state index in [0.717, 1.165) is 17.8 Å². The van der Waals surface area contributed by atoms with Crippen molar-refractivity contribution in [2.45, 2.75) is 45.8 Å². The Hall–Kier alpha value is -0.970. The standard InChI is InChI=1S/C15H27N3O/c1-11(2)8-14(16)15(10-19)18(4)9-13-7-5-6-12(3)17-13/h5-7,11,14-15,19H,8-10,16H2,1-4H3. The number of aromatic nitrogens is 1. The number of nitrogens with zero attached hydrogens (tertiary/aromatic N) is 2. The molecule has 0 aliphatic heterocycles. The van der Waals surface area contributed by atoms with Gasteiger partial charge in [-0.15, -0.1) is 0 Å². The third kappa shape index (κ3) is 5.27. The van der Waals surface area contributed by atoms with Gasteiger partial charge in [0, 0.05) is 24.3 Å². The summed E-state index contributed by atoms with van der Waals surface area (Å²) in [6, 6.07) is 5.96. The number of hydrogen-bond donors (Lipinski definition) is 2. The van der Waals surface area contributed by atoms with Crippen LogP contribution in [-0.2, 0) is 6.54 Å². The van der Waals surface area contributed by atoms with E-state index in [2.05, 4.69) is 23.7 Å². The molecule has 19 heavy (non-hydrogen) atoms. The zero-order valence-electron chi connectivity index (χ0n) is 12.5. The molecule has 0 fully saturated rings. The third-order valence-corrected chi connectivity index (χ3v) is 3.35.